The van der Waals surface area contributed by atoms with Crippen molar-refractivity contribution in [2.24, 2.45) is 0 Å². The number of nitrogens with one attached hydrogen (secondary N) is 1. The minimum Gasteiger partial charge on any atom is -0.492 e. The fraction of sp³-hybridized carbons (Fsp3) is 0.588. The predicted octanol–water partition coefficient (Wildman–Crippen LogP) is 1.96. The van der Waals surface area contributed by atoms with E-state index in [4.69, 9.17) is 14.7 Å². The predicted molar refractivity (Wildman–Crippen MR) is 84.7 cm³/mol. The third-order valence-corrected chi connectivity index (χ3v) is 4.67. The van der Waals surface area contributed by atoms with Gasteiger partial charge in [0.1, 0.15) is 12.4 Å². The summed E-state index contributed by atoms with van der Waals surface area (Å²) in [5.41, 5.74) is 3.11. The van der Waals surface area contributed by atoms with Gasteiger partial charge in [-0.25, -0.2) is 5.48 Å². The summed E-state index contributed by atoms with van der Waals surface area (Å²) in [5, 5.41) is 8.75. The zero-order chi connectivity index (χ0) is 16.2. The first-order valence-electron chi connectivity index (χ1n) is 8.23. The second-order valence-corrected chi connectivity index (χ2v) is 6.32. The minimum absolute atomic E-state index is 0.305. The highest BCUT2D eigenvalue weighted by atomic mass is 16.5. The lowest BCUT2D eigenvalue weighted by Gasteiger charge is -2.27. The summed E-state index contributed by atoms with van der Waals surface area (Å²) in [7, 11) is 0. The van der Waals surface area contributed by atoms with Crippen LogP contribution in [-0.2, 0) is 11.3 Å². The highest BCUT2D eigenvalue weighted by Gasteiger charge is 2.24. The molecule has 0 radical (unpaired) electrons. The number of ether oxygens (including phenoxy) is 2. The fourth-order valence-corrected chi connectivity index (χ4v) is 3.20. The summed E-state index contributed by atoms with van der Waals surface area (Å²) in [6, 6.07) is 5.61. The number of carbonyl (C=O) groups excluding carboxylic acids is 1. The molecule has 1 aromatic rings. The number of rotatable bonds is 4. The molecule has 0 bridgehead atoms. The molecular weight excluding hydrogens is 296 g/mol. The van der Waals surface area contributed by atoms with Gasteiger partial charge in [0, 0.05) is 36.9 Å². The Hall–Kier alpha value is -1.63. The first kappa shape index (κ1) is 16.2. The molecule has 2 heterocycles. The molecule has 0 aliphatic carbocycles. The van der Waals surface area contributed by atoms with Crippen LogP contribution < -0.4 is 10.2 Å². The highest BCUT2D eigenvalue weighted by Crippen LogP contribution is 2.27. The van der Waals surface area contributed by atoms with Crippen molar-refractivity contribution in [2.45, 2.75) is 44.9 Å². The summed E-state index contributed by atoms with van der Waals surface area (Å²) in [5.74, 6) is 0.196. The average molecular weight is 320 g/mol. The molecule has 1 amide bonds. The first-order chi connectivity index (χ1) is 11.2. The van der Waals surface area contributed by atoms with Crippen molar-refractivity contribution in [3.8, 4) is 5.75 Å². The number of hydroxylamine groups is 1. The monoisotopic (exact) mass is 320 g/mol. The Kier molecular flexibility index (Phi) is 5.15. The van der Waals surface area contributed by atoms with E-state index < -0.39 is 5.91 Å². The SMILES string of the molecule is CC1COc2cc(C(=O)NO)ccc2CN1CCC1CCCO1. The van der Waals surface area contributed by atoms with Gasteiger partial charge in [-0.1, -0.05) is 6.07 Å². The van der Waals surface area contributed by atoms with Gasteiger partial charge >= 0.3 is 0 Å². The molecule has 23 heavy (non-hydrogen) atoms. The third-order valence-electron chi connectivity index (χ3n) is 4.67. The summed E-state index contributed by atoms with van der Waals surface area (Å²) in [4.78, 5) is 13.9. The van der Waals surface area contributed by atoms with Gasteiger partial charge in [-0.3, -0.25) is 14.9 Å². The van der Waals surface area contributed by atoms with Crippen LogP contribution >= 0.6 is 0 Å². The minimum atomic E-state index is -0.524. The molecule has 6 heteroatoms. The largest absolute Gasteiger partial charge is 0.492 e. The third kappa shape index (κ3) is 3.83. The summed E-state index contributed by atoms with van der Waals surface area (Å²) >= 11 is 0. The molecule has 0 aromatic heterocycles. The molecule has 0 spiro atoms. The molecule has 3 rings (SSSR count). The first-order valence-corrected chi connectivity index (χ1v) is 8.23. The lowest BCUT2D eigenvalue weighted by atomic mass is 10.1. The zero-order valence-corrected chi connectivity index (χ0v) is 13.5. The van der Waals surface area contributed by atoms with Gasteiger partial charge in [-0.05, 0) is 38.3 Å². The van der Waals surface area contributed by atoms with Crippen LogP contribution in [0.25, 0.3) is 0 Å². The Balaban J connectivity index is 1.69. The molecule has 2 N–H and O–H groups in total. The molecule has 2 aliphatic rings. The second kappa shape index (κ2) is 7.29. The Bertz CT molecular complexity index is 558. The van der Waals surface area contributed by atoms with Crippen LogP contribution in [0.15, 0.2) is 18.2 Å². The summed E-state index contributed by atoms with van der Waals surface area (Å²) in [6.07, 6.45) is 3.77. The molecule has 126 valence electrons. The Morgan fingerprint density at radius 3 is 3.09 bits per heavy atom. The lowest BCUT2D eigenvalue weighted by molar-refractivity contribution is 0.0706. The Labute approximate surface area is 136 Å². The van der Waals surface area contributed by atoms with Gasteiger partial charge in [0.15, 0.2) is 0 Å². The number of hydrogen-bond donors (Lipinski definition) is 2. The molecule has 2 aliphatic heterocycles. The fourth-order valence-electron chi connectivity index (χ4n) is 3.20. The number of benzene rings is 1. The maximum absolute atomic E-state index is 11.5. The van der Waals surface area contributed by atoms with Gasteiger partial charge in [-0.15, -0.1) is 0 Å². The Morgan fingerprint density at radius 1 is 1.48 bits per heavy atom. The van der Waals surface area contributed by atoms with E-state index in [1.165, 1.54) is 6.42 Å². The van der Waals surface area contributed by atoms with Crippen molar-refractivity contribution in [1.29, 1.82) is 0 Å². The number of amides is 1. The van der Waals surface area contributed by atoms with Crippen LogP contribution in [0.5, 0.6) is 5.75 Å². The van der Waals surface area contributed by atoms with Crippen LogP contribution in [0.2, 0.25) is 0 Å². The molecule has 2 unspecified atom stereocenters. The van der Waals surface area contributed by atoms with Crippen molar-refractivity contribution < 1.29 is 19.5 Å². The number of hydrogen-bond acceptors (Lipinski definition) is 5. The molecule has 0 saturated carbocycles. The molecule has 6 nitrogen and oxygen atoms in total. The van der Waals surface area contributed by atoms with E-state index in [0.29, 0.717) is 24.3 Å². The van der Waals surface area contributed by atoms with Crippen LogP contribution in [0.4, 0.5) is 0 Å². The maximum atomic E-state index is 11.5. The quantitative estimate of drug-likeness (QED) is 0.655. The number of fused-ring (bicyclic) bond motifs is 1. The van der Waals surface area contributed by atoms with E-state index in [1.54, 1.807) is 17.6 Å². The number of carbonyl (C=O) groups is 1. The summed E-state index contributed by atoms with van der Waals surface area (Å²) in [6.45, 7) is 5.41. The van der Waals surface area contributed by atoms with Crippen LogP contribution in [0.1, 0.15) is 42.1 Å². The van der Waals surface area contributed by atoms with E-state index in [9.17, 15) is 4.79 Å². The van der Waals surface area contributed by atoms with Crippen molar-refractivity contribution in [3.63, 3.8) is 0 Å². The van der Waals surface area contributed by atoms with Crippen molar-refractivity contribution in [3.05, 3.63) is 29.3 Å². The van der Waals surface area contributed by atoms with Gasteiger partial charge in [0.2, 0.25) is 0 Å². The van der Waals surface area contributed by atoms with E-state index in [1.807, 2.05) is 6.07 Å². The second-order valence-electron chi connectivity index (χ2n) is 6.32. The average Bonchev–Trinajstić information content (AvgIpc) is 3.04. The molecular formula is C17H24N2O4. The van der Waals surface area contributed by atoms with Gasteiger partial charge in [-0.2, -0.15) is 0 Å². The standard InChI is InChI=1S/C17H24N2O4/c1-12-11-23-16-9-13(17(20)18-21)4-5-14(16)10-19(12)7-6-15-3-2-8-22-15/h4-5,9,12,15,21H,2-3,6-8,10-11H2,1H3,(H,18,20). The molecule has 1 aromatic carbocycles. The van der Waals surface area contributed by atoms with Crippen molar-refractivity contribution >= 4 is 5.91 Å². The van der Waals surface area contributed by atoms with Crippen LogP contribution in [0, 0.1) is 0 Å². The van der Waals surface area contributed by atoms with E-state index in [-0.39, 0.29) is 0 Å². The molecule has 1 fully saturated rings. The van der Waals surface area contributed by atoms with E-state index in [0.717, 1.165) is 43.9 Å². The topological polar surface area (TPSA) is 71.0 Å². The van der Waals surface area contributed by atoms with E-state index >= 15 is 0 Å². The molecule has 2 atom stereocenters. The van der Waals surface area contributed by atoms with Crippen LogP contribution in [0.3, 0.4) is 0 Å². The van der Waals surface area contributed by atoms with Gasteiger partial charge in [0.05, 0.1) is 6.10 Å². The molecule has 1 saturated heterocycles. The van der Waals surface area contributed by atoms with Crippen molar-refractivity contribution in [2.75, 3.05) is 19.8 Å². The maximum Gasteiger partial charge on any atom is 0.274 e. The Morgan fingerprint density at radius 2 is 2.35 bits per heavy atom. The van der Waals surface area contributed by atoms with Crippen molar-refractivity contribution in [1.82, 2.24) is 10.4 Å². The lowest BCUT2D eigenvalue weighted by Crippen LogP contribution is -2.36. The number of nitrogens with zero attached hydrogens (tertiary/aromatic N) is 1. The van der Waals surface area contributed by atoms with Gasteiger partial charge < -0.3 is 9.47 Å². The normalized spacial score (nSPS) is 24.6. The van der Waals surface area contributed by atoms with E-state index in [2.05, 4.69) is 11.8 Å². The smallest absolute Gasteiger partial charge is 0.274 e. The summed E-state index contributed by atoms with van der Waals surface area (Å²) < 4.78 is 11.6. The van der Waals surface area contributed by atoms with Crippen LogP contribution in [-0.4, -0.2) is 47.9 Å². The van der Waals surface area contributed by atoms with Gasteiger partial charge in [0.25, 0.3) is 5.91 Å². The zero-order valence-electron chi connectivity index (χ0n) is 13.5. The highest BCUT2D eigenvalue weighted by molar-refractivity contribution is 5.93.